The Morgan fingerprint density at radius 1 is 1.23 bits per heavy atom. The summed E-state index contributed by atoms with van der Waals surface area (Å²) in [6.07, 6.45) is 3.37. The summed E-state index contributed by atoms with van der Waals surface area (Å²) in [5.74, 6) is -0.552. The van der Waals surface area contributed by atoms with Crippen molar-refractivity contribution in [1.82, 2.24) is 24.7 Å². The lowest BCUT2D eigenvalue weighted by atomic mass is 9.90. The molecule has 0 spiro atoms. The zero-order valence-corrected chi connectivity index (χ0v) is 19.2. The number of rotatable bonds is 9. The topological polar surface area (TPSA) is 145 Å². The number of nitrogens with zero attached hydrogens (tertiary/aromatic N) is 4. The Kier molecular flexibility index (Phi) is 6.86. The Morgan fingerprint density at radius 2 is 1.94 bits per heavy atom. The minimum absolute atomic E-state index is 0.00290. The summed E-state index contributed by atoms with van der Waals surface area (Å²) < 4.78 is 26.8. The van der Waals surface area contributed by atoms with Gasteiger partial charge >= 0.3 is 5.69 Å². The Morgan fingerprint density at radius 3 is 2.57 bits per heavy atom. The van der Waals surface area contributed by atoms with Crippen molar-refractivity contribution in [1.29, 1.82) is 5.41 Å². The fourth-order valence-electron chi connectivity index (χ4n) is 3.71. The van der Waals surface area contributed by atoms with Crippen LogP contribution >= 0.6 is 0 Å². The van der Waals surface area contributed by atoms with Crippen LogP contribution in [0.4, 0.5) is 4.39 Å². The van der Waals surface area contributed by atoms with Crippen molar-refractivity contribution >= 4 is 5.84 Å². The SMILES string of the molecule is CCOc1cc(C(Cc2ccc(C(=N)N)cc2)c2nn(-c3ncccn3)c(=O)[nH]2)cc(F)c1OC. The molecule has 0 saturated heterocycles. The first-order valence-corrected chi connectivity index (χ1v) is 10.8. The summed E-state index contributed by atoms with van der Waals surface area (Å²) >= 11 is 0. The summed E-state index contributed by atoms with van der Waals surface area (Å²) in [6.45, 7) is 2.10. The van der Waals surface area contributed by atoms with Gasteiger partial charge in [-0.3, -0.25) is 10.4 Å². The number of nitrogens with one attached hydrogen (secondary N) is 2. The number of amidine groups is 1. The van der Waals surface area contributed by atoms with Gasteiger partial charge in [-0.1, -0.05) is 24.3 Å². The van der Waals surface area contributed by atoms with E-state index in [9.17, 15) is 9.18 Å². The van der Waals surface area contributed by atoms with Crippen molar-refractivity contribution < 1.29 is 13.9 Å². The number of ether oxygens (including phenoxy) is 2. The van der Waals surface area contributed by atoms with E-state index in [0.29, 0.717) is 30.0 Å². The second-order valence-electron chi connectivity index (χ2n) is 7.61. The zero-order valence-electron chi connectivity index (χ0n) is 19.2. The maximum atomic E-state index is 15.0. The van der Waals surface area contributed by atoms with Crippen LogP contribution in [0.3, 0.4) is 0 Å². The average molecular weight is 478 g/mol. The first-order valence-electron chi connectivity index (χ1n) is 10.8. The number of H-pyrrole nitrogens is 1. The number of halogens is 1. The fourth-order valence-corrected chi connectivity index (χ4v) is 3.71. The number of aromatic amines is 1. The molecule has 4 rings (SSSR count). The Bertz CT molecular complexity index is 1380. The highest BCUT2D eigenvalue weighted by molar-refractivity contribution is 5.94. The van der Waals surface area contributed by atoms with Gasteiger partial charge in [-0.05, 0) is 42.7 Å². The van der Waals surface area contributed by atoms with Crippen molar-refractivity contribution in [2.45, 2.75) is 19.3 Å². The van der Waals surface area contributed by atoms with E-state index in [1.54, 1.807) is 31.2 Å². The number of methoxy groups -OCH3 is 1. The number of nitrogen functional groups attached to an aromatic ring is 1. The monoisotopic (exact) mass is 477 g/mol. The third-order valence-electron chi connectivity index (χ3n) is 5.35. The van der Waals surface area contributed by atoms with Crippen LogP contribution in [0.1, 0.15) is 35.4 Å². The van der Waals surface area contributed by atoms with Crippen LogP contribution in [0, 0.1) is 11.2 Å². The van der Waals surface area contributed by atoms with Gasteiger partial charge in [0.25, 0.3) is 5.95 Å². The molecular formula is C24H24FN7O3. The van der Waals surface area contributed by atoms with Gasteiger partial charge in [0, 0.05) is 23.9 Å². The quantitative estimate of drug-likeness (QED) is 0.248. The predicted octanol–water partition coefficient (Wildman–Crippen LogP) is 2.56. The molecule has 35 heavy (non-hydrogen) atoms. The molecule has 10 nitrogen and oxygen atoms in total. The molecule has 1 unspecified atom stereocenters. The number of aromatic nitrogens is 5. The van der Waals surface area contributed by atoms with Crippen LogP contribution in [0.5, 0.6) is 11.5 Å². The van der Waals surface area contributed by atoms with Crippen molar-refractivity contribution in [2.24, 2.45) is 5.73 Å². The van der Waals surface area contributed by atoms with Crippen LogP contribution in [-0.4, -0.2) is 44.3 Å². The molecule has 1 atom stereocenters. The van der Waals surface area contributed by atoms with Gasteiger partial charge in [0.1, 0.15) is 11.7 Å². The molecule has 2 aromatic carbocycles. The maximum absolute atomic E-state index is 15.0. The first-order chi connectivity index (χ1) is 16.9. The van der Waals surface area contributed by atoms with Gasteiger partial charge < -0.3 is 15.2 Å². The van der Waals surface area contributed by atoms with Crippen LogP contribution in [0.25, 0.3) is 5.95 Å². The lowest BCUT2D eigenvalue weighted by Gasteiger charge is -2.18. The first kappa shape index (κ1) is 23.6. The molecule has 0 aliphatic heterocycles. The van der Waals surface area contributed by atoms with Crippen LogP contribution in [0.2, 0.25) is 0 Å². The normalized spacial score (nSPS) is 11.7. The van der Waals surface area contributed by atoms with E-state index in [4.69, 9.17) is 20.6 Å². The van der Waals surface area contributed by atoms with Crippen LogP contribution in [0.15, 0.2) is 59.7 Å². The standard InChI is InChI=1S/C24H24FN7O3/c1-3-35-19-13-16(12-18(25)20(19)34-2)17(11-14-5-7-15(8-6-14)21(26)27)22-30-24(33)32(31-22)23-28-9-4-10-29-23/h4-10,12-13,17H,3,11H2,1-2H3,(H3,26,27)(H,30,31,33). The summed E-state index contributed by atoms with van der Waals surface area (Å²) in [5.41, 5.74) is 7.01. The summed E-state index contributed by atoms with van der Waals surface area (Å²) in [4.78, 5) is 23.6. The molecule has 2 aromatic heterocycles. The van der Waals surface area contributed by atoms with Crippen molar-refractivity contribution in [3.05, 3.63) is 93.7 Å². The van der Waals surface area contributed by atoms with Crippen LogP contribution < -0.4 is 20.9 Å². The molecule has 0 bridgehead atoms. The second-order valence-corrected chi connectivity index (χ2v) is 7.61. The van der Waals surface area contributed by atoms with Gasteiger partial charge in [-0.25, -0.2) is 19.2 Å². The molecule has 0 fully saturated rings. The van der Waals surface area contributed by atoms with E-state index < -0.39 is 17.4 Å². The summed E-state index contributed by atoms with van der Waals surface area (Å²) in [7, 11) is 1.37. The molecule has 0 aliphatic carbocycles. The van der Waals surface area contributed by atoms with Crippen molar-refractivity contribution in [3.63, 3.8) is 0 Å². The van der Waals surface area contributed by atoms with Gasteiger partial charge in [0.05, 0.1) is 13.7 Å². The minimum atomic E-state index is -0.599. The van der Waals surface area contributed by atoms with E-state index >= 15 is 0 Å². The van der Waals surface area contributed by atoms with E-state index in [1.807, 2.05) is 12.1 Å². The number of benzene rings is 2. The number of hydrogen-bond acceptors (Lipinski definition) is 7. The Labute approximate surface area is 200 Å². The number of nitrogens with two attached hydrogens (primary N) is 1. The molecule has 0 aliphatic rings. The third kappa shape index (κ3) is 5.03. The smallest absolute Gasteiger partial charge is 0.350 e. The second kappa shape index (κ2) is 10.2. The van der Waals surface area contributed by atoms with Crippen LogP contribution in [-0.2, 0) is 6.42 Å². The fraction of sp³-hybridized carbons (Fsp3) is 0.208. The molecule has 0 radical (unpaired) electrons. The Balaban J connectivity index is 1.82. The predicted molar refractivity (Wildman–Crippen MR) is 127 cm³/mol. The molecular weight excluding hydrogens is 453 g/mol. The van der Waals surface area contributed by atoms with E-state index in [1.165, 1.54) is 25.6 Å². The van der Waals surface area contributed by atoms with Crippen molar-refractivity contribution in [2.75, 3.05) is 13.7 Å². The van der Waals surface area contributed by atoms with E-state index in [-0.39, 0.29) is 23.3 Å². The van der Waals surface area contributed by atoms with E-state index in [2.05, 4.69) is 20.1 Å². The third-order valence-corrected chi connectivity index (χ3v) is 5.35. The van der Waals surface area contributed by atoms with Gasteiger partial charge in [0.2, 0.25) is 0 Å². The molecule has 180 valence electrons. The highest BCUT2D eigenvalue weighted by Crippen LogP contribution is 2.36. The van der Waals surface area contributed by atoms with Crippen molar-refractivity contribution in [3.8, 4) is 17.4 Å². The molecule has 0 amide bonds. The van der Waals surface area contributed by atoms with Gasteiger partial charge in [-0.15, -0.1) is 9.78 Å². The summed E-state index contributed by atoms with van der Waals surface area (Å²) in [6, 6.07) is 11.8. The van der Waals surface area contributed by atoms with Gasteiger partial charge in [-0.2, -0.15) is 0 Å². The van der Waals surface area contributed by atoms with Gasteiger partial charge in [0.15, 0.2) is 17.3 Å². The molecule has 2 heterocycles. The Hall–Kier alpha value is -4.54. The molecule has 4 aromatic rings. The maximum Gasteiger partial charge on any atom is 0.350 e. The molecule has 11 heteroatoms. The minimum Gasteiger partial charge on any atom is -0.490 e. The lowest BCUT2D eigenvalue weighted by molar-refractivity contribution is 0.301. The number of hydrogen-bond donors (Lipinski definition) is 3. The average Bonchev–Trinajstić information content (AvgIpc) is 3.24. The highest BCUT2D eigenvalue weighted by atomic mass is 19.1. The highest BCUT2D eigenvalue weighted by Gasteiger charge is 2.25. The molecule has 4 N–H and O–H groups in total. The largest absolute Gasteiger partial charge is 0.490 e. The lowest BCUT2D eigenvalue weighted by Crippen LogP contribution is -2.18. The zero-order chi connectivity index (χ0) is 24.9. The summed E-state index contributed by atoms with van der Waals surface area (Å²) in [5, 5.41) is 12.0. The van der Waals surface area contributed by atoms with E-state index in [0.717, 1.165) is 10.2 Å². The molecule has 0 saturated carbocycles.